The molecule has 0 fully saturated rings. The smallest absolute Gasteiger partial charge is 0.0843 e. The van der Waals surface area contributed by atoms with E-state index in [0.29, 0.717) is 0 Å². The molecule has 1 aromatic heterocycles. The summed E-state index contributed by atoms with van der Waals surface area (Å²) >= 11 is 8.61. The molecule has 0 amide bonds. The molecule has 0 saturated heterocycles. The average Bonchev–Trinajstić information content (AvgIpc) is 2.43. The molecule has 0 aromatic carbocycles. The van der Waals surface area contributed by atoms with Crippen LogP contribution in [-0.4, -0.2) is 0 Å². The lowest BCUT2D eigenvalue weighted by molar-refractivity contribution is 0.659. The fourth-order valence-corrected chi connectivity index (χ4v) is 3.22. The van der Waals surface area contributed by atoms with Crippen molar-refractivity contribution in [3.63, 3.8) is 0 Å². The molecule has 1 atom stereocenters. The molecular formula is C10H13Br2NS. The third-order valence-electron chi connectivity index (χ3n) is 1.91. The maximum atomic E-state index is 6.05. The van der Waals surface area contributed by atoms with Gasteiger partial charge >= 0.3 is 0 Å². The van der Waals surface area contributed by atoms with Crippen LogP contribution in [0.2, 0.25) is 0 Å². The molecule has 0 aliphatic heterocycles. The topological polar surface area (TPSA) is 26.0 Å². The molecule has 78 valence electrons. The summed E-state index contributed by atoms with van der Waals surface area (Å²) in [6, 6.07) is 2.21. The van der Waals surface area contributed by atoms with E-state index in [4.69, 9.17) is 5.73 Å². The highest BCUT2D eigenvalue weighted by Gasteiger charge is 2.11. The molecule has 1 nitrogen and oxygen atoms in total. The van der Waals surface area contributed by atoms with Crippen molar-refractivity contribution in [2.75, 3.05) is 0 Å². The van der Waals surface area contributed by atoms with Crippen LogP contribution in [0.4, 0.5) is 0 Å². The summed E-state index contributed by atoms with van der Waals surface area (Å²) in [6.45, 7) is 5.91. The second-order valence-corrected chi connectivity index (χ2v) is 6.63. The number of allylic oxidation sites excluding steroid dienone is 1. The number of rotatable bonds is 4. The fraction of sp³-hybridized carbons (Fsp3) is 0.400. The minimum Gasteiger partial charge on any atom is -0.323 e. The number of hydrogen-bond acceptors (Lipinski definition) is 2. The molecule has 1 heterocycles. The minimum atomic E-state index is 0.124. The lowest BCUT2D eigenvalue weighted by Crippen LogP contribution is -2.08. The van der Waals surface area contributed by atoms with Crippen LogP contribution in [0.25, 0.3) is 0 Å². The van der Waals surface area contributed by atoms with Crippen molar-refractivity contribution >= 4 is 43.2 Å². The van der Waals surface area contributed by atoms with Crippen LogP contribution in [0.3, 0.4) is 0 Å². The van der Waals surface area contributed by atoms with Gasteiger partial charge in [-0.1, -0.05) is 5.57 Å². The third-order valence-corrected chi connectivity index (χ3v) is 5.30. The van der Waals surface area contributed by atoms with E-state index in [0.717, 1.165) is 21.1 Å². The van der Waals surface area contributed by atoms with E-state index in [9.17, 15) is 0 Å². The Kier molecular flexibility index (Phi) is 4.83. The molecule has 4 heteroatoms. The zero-order valence-corrected chi connectivity index (χ0v) is 12.0. The van der Waals surface area contributed by atoms with Crippen LogP contribution >= 0.6 is 43.2 Å². The Labute approximate surface area is 106 Å². The maximum Gasteiger partial charge on any atom is 0.0843 e. The van der Waals surface area contributed by atoms with Crippen LogP contribution in [0.1, 0.15) is 30.7 Å². The molecule has 0 bridgehead atoms. The molecule has 2 N–H and O–H groups in total. The Morgan fingerprint density at radius 1 is 1.64 bits per heavy atom. The van der Waals surface area contributed by atoms with E-state index in [2.05, 4.69) is 44.5 Å². The summed E-state index contributed by atoms with van der Waals surface area (Å²) in [6.07, 6.45) is 1.96. The Balaban J connectivity index is 2.60. The van der Waals surface area contributed by atoms with E-state index in [-0.39, 0.29) is 6.04 Å². The first-order chi connectivity index (χ1) is 6.50. The second kappa shape index (κ2) is 5.45. The van der Waals surface area contributed by atoms with E-state index in [1.807, 2.05) is 6.92 Å². The molecule has 0 aliphatic rings. The molecular weight excluding hydrogens is 326 g/mol. The molecule has 0 spiro atoms. The van der Waals surface area contributed by atoms with Gasteiger partial charge in [-0.25, -0.2) is 0 Å². The highest BCUT2D eigenvalue weighted by Crippen LogP contribution is 2.36. The highest BCUT2D eigenvalue weighted by molar-refractivity contribution is 9.13. The standard InChI is InChI=1S/C10H13Br2NS/c1-6(2)3-4-8(13)9-5-7(11)10(12)14-9/h5,8H,1,3-4,13H2,2H3. The summed E-state index contributed by atoms with van der Waals surface area (Å²) in [5, 5.41) is 0. The zero-order chi connectivity index (χ0) is 10.7. The lowest BCUT2D eigenvalue weighted by Gasteiger charge is -2.08. The molecule has 1 rings (SSSR count). The second-order valence-electron chi connectivity index (χ2n) is 3.37. The summed E-state index contributed by atoms with van der Waals surface area (Å²) in [7, 11) is 0. The first-order valence-corrected chi connectivity index (χ1v) is 6.75. The van der Waals surface area contributed by atoms with Gasteiger partial charge in [0.25, 0.3) is 0 Å². The first kappa shape index (κ1) is 12.4. The quantitative estimate of drug-likeness (QED) is 0.796. The van der Waals surface area contributed by atoms with Crippen molar-refractivity contribution in [1.82, 2.24) is 0 Å². The lowest BCUT2D eigenvalue weighted by atomic mass is 10.1. The summed E-state index contributed by atoms with van der Waals surface area (Å²) < 4.78 is 2.20. The van der Waals surface area contributed by atoms with Gasteiger partial charge in [0.2, 0.25) is 0 Å². The van der Waals surface area contributed by atoms with Crippen LogP contribution in [0, 0.1) is 0 Å². The van der Waals surface area contributed by atoms with Gasteiger partial charge in [0.05, 0.1) is 3.79 Å². The average molecular weight is 339 g/mol. The van der Waals surface area contributed by atoms with E-state index >= 15 is 0 Å². The van der Waals surface area contributed by atoms with Gasteiger partial charge in [-0.3, -0.25) is 0 Å². The summed E-state index contributed by atoms with van der Waals surface area (Å²) in [5.74, 6) is 0. The SMILES string of the molecule is C=C(C)CCC(N)c1cc(Br)c(Br)s1. The molecule has 14 heavy (non-hydrogen) atoms. The summed E-state index contributed by atoms with van der Waals surface area (Å²) in [5.41, 5.74) is 7.24. The van der Waals surface area contributed by atoms with Gasteiger partial charge in [0.15, 0.2) is 0 Å². The molecule has 0 radical (unpaired) electrons. The zero-order valence-electron chi connectivity index (χ0n) is 8.02. The Hall–Kier alpha value is 0.360. The van der Waals surface area contributed by atoms with E-state index < -0.39 is 0 Å². The van der Waals surface area contributed by atoms with Gasteiger partial charge in [0.1, 0.15) is 0 Å². The monoisotopic (exact) mass is 337 g/mol. The van der Waals surface area contributed by atoms with Crippen molar-refractivity contribution in [3.8, 4) is 0 Å². The van der Waals surface area contributed by atoms with Crippen LogP contribution in [0.5, 0.6) is 0 Å². The number of nitrogens with two attached hydrogens (primary N) is 1. The van der Waals surface area contributed by atoms with Crippen molar-refractivity contribution in [1.29, 1.82) is 0 Å². The van der Waals surface area contributed by atoms with Crippen LogP contribution < -0.4 is 5.73 Å². The normalized spacial score (nSPS) is 12.9. The van der Waals surface area contributed by atoms with Crippen molar-refractivity contribution in [2.45, 2.75) is 25.8 Å². The Morgan fingerprint density at radius 2 is 2.29 bits per heavy atom. The predicted molar refractivity (Wildman–Crippen MR) is 70.7 cm³/mol. The molecule has 0 aliphatic carbocycles. The number of halogens is 2. The predicted octanol–water partition coefficient (Wildman–Crippen LogP) is 4.63. The van der Waals surface area contributed by atoms with Gasteiger partial charge < -0.3 is 5.73 Å². The van der Waals surface area contributed by atoms with Crippen LogP contribution in [0.15, 0.2) is 26.5 Å². The van der Waals surface area contributed by atoms with Gasteiger partial charge in [0, 0.05) is 15.4 Å². The molecule has 0 saturated carbocycles. The van der Waals surface area contributed by atoms with Crippen molar-refractivity contribution < 1.29 is 0 Å². The summed E-state index contributed by atoms with van der Waals surface area (Å²) in [4.78, 5) is 1.21. The van der Waals surface area contributed by atoms with Gasteiger partial charge in [-0.05, 0) is 57.7 Å². The largest absolute Gasteiger partial charge is 0.323 e. The van der Waals surface area contributed by atoms with Crippen LogP contribution in [-0.2, 0) is 0 Å². The first-order valence-electron chi connectivity index (χ1n) is 4.35. The van der Waals surface area contributed by atoms with Gasteiger partial charge in [-0.2, -0.15) is 0 Å². The fourth-order valence-electron chi connectivity index (χ4n) is 1.09. The van der Waals surface area contributed by atoms with E-state index in [1.165, 1.54) is 10.5 Å². The van der Waals surface area contributed by atoms with Gasteiger partial charge in [-0.15, -0.1) is 17.9 Å². The highest BCUT2D eigenvalue weighted by atomic mass is 79.9. The third kappa shape index (κ3) is 3.50. The molecule has 1 unspecified atom stereocenters. The number of hydrogen-bond donors (Lipinski definition) is 1. The van der Waals surface area contributed by atoms with E-state index in [1.54, 1.807) is 11.3 Å². The Morgan fingerprint density at radius 3 is 2.71 bits per heavy atom. The minimum absolute atomic E-state index is 0.124. The Bertz CT molecular complexity index is 313. The van der Waals surface area contributed by atoms with Crippen molar-refractivity contribution in [3.05, 3.63) is 31.4 Å². The maximum absolute atomic E-state index is 6.05. The number of thiophene rings is 1. The van der Waals surface area contributed by atoms with Crippen molar-refractivity contribution in [2.24, 2.45) is 5.73 Å². The molecule has 1 aromatic rings.